The van der Waals surface area contributed by atoms with E-state index in [0.717, 1.165) is 20.8 Å². The van der Waals surface area contributed by atoms with Crippen molar-refractivity contribution in [3.63, 3.8) is 0 Å². The van der Waals surface area contributed by atoms with E-state index in [2.05, 4.69) is 16.8 Å². The van der Waals surface area contributed by atoms with Crippen molar-refractivity contribution in [3.05, 3.63) is 70.7 Å². The van der Waals surface area contributed by atoms with Gasteiger partial charge in [-0.15, -0.1) is 28.1 Å². The summed E-state index contributed by atoms with van der Waals surface area (Å²) in [7, 11) is 0. The van der Waals surface area contributed by atoms with Crippen LogP contribution in [0.2, 0.25) is 0 Å². The third kappa shape index (κ3) is 3.41. The van der Waals surface area contributed by atoms with Crippen LogP contribution in [0.1, 0.15) is 17.3 Å². The van der Waals surface area contributed by atoms with Crippen LogP contribution in [0.4, 0.5) is 0 Å². The summed E-state index contributed by atoms with van der Waals surface area (Å²) in [4.78, 5) is 19.8. The quantitative estimate of drug-likeness (QED) is 0.263. The van der Waals surface area contributed by atoms with Crippen molar-refractivity contribution < 1.29 is 4.42 Å². The molecule has 4 aromatic rings. The molecule has 0 atom stereocenters. The second kappa shape index (κ2) is 7.73. The van der Waals surface area contributed by atoms with Gasteiger partial charge in [-0.3, -0.25) is 9.36 Å². The molecule has 142 valence electrons. The van der Waals surface area contributed by atoms with Gasteiger partial charge < -0.3 is 4.42 Å². The zero-order valence-corrected chi connectivity index (χ0v) is 17.1. The highest BCUT2D eigenvalue weighted by Gasteiger charge is 2.19. The predicted molar refractivity (Wildman–Crippen MR) is 113 cm³/mol. The molecular formula is C20H18N4O2S2. The molecule has 1 aromatic carbocycles. The Kier molecular flexibility index (Phi) is 5.15. The Hall–Kier alpha value is -2.71. The standard InChI is InChI=1S/C20H18N4O2S2/c1-4-10-24-19(25)16-12(2)17(14-8-6-5-7-9-14)28-18(16)21-20(24)27-11-15-23-22-13(3)26-15/h4-9H,1,10-11H2,2-3H3. The zero-order chi connectivity index (χ0) is 19.7. The van der Waals surface area contributed by atoms with E-state index in [1.54, 1.807) is 28.9 Å². The molecule has 8 heteroatoms. The van der Waals surface area contributed by atoms with E-state index in [9.17, 15) is 4.79 Å². The molecule has 3 aromatic heterocycles. The second-order valence-corrected chi connectivity index (χ2v) is 8.15. The van der Waals surface area contributed by atoms with E-state index in [4.69, 9.17) is 9.40 Å². The maximum Gasteiger partial charge on any atom is 0.263 e. The molecule has 0 saturated carbocycles. The van der Waals surface area contributed by atoms with Crippen LogP contribution in [0.3, 0.4) is 0 Å². The minimum Gasteiger partial charge on any atom is -0.425 e. The number of fused-ring (bicyclic) bond motifs is 1. The summed E-state index contributed by atoms with van der Waals surface area (Å²) < 4.78 is 7.08. The van der Waals surface area contributed by atoms with Gasteiger partial charge in [-0.25, -0.2) is 4.98 Å². The Balaban J connectivity index is 1.82. The molecule has 0 aliphatic heterocycles. The smallest absolute Gasteiger partial charge is 0.263 e. The number of thioether (sulfide) groups is 1. The van der Waals surface area contributed by atoms with Gasteiger partial charge in [0.05, 0.1) is 11.1 Å². The zero-order valence-electron chi connectivity index (χ0n) is 15.5. The minimum absolute atomic E-state index is 0.0509. The molecule has 0 radical (unpaired) electrons. The first kappa shape index (κ1) is 18.6. The lowest BCUT2D eigenvalue weighted by molar-refractivity contribution is 0.485. The van der Waals surface area contributed by atoms with Gasteiger partial charge in [0.25, 0.3) is 5.56 Å². The van der Waals surface area contributed by atoms with Gasteiger partial charge in [0.15, 0.2) is 5.16 Å². The van der Waals surface area contributed by atoms with Crippen LogP contribution in [0.5, 0.6) is 0 Å². The number of allylic oxidation sites excluding steroid dienone is 1. The monoisotopic (exact) mass is 410 g/mol. The molecule has 0 aliphatic rings. The normalized spacial score (nSPS) is 11.2. The predicted octanol–water partition coefficient (Wildman–Crippen LogP) is 4.60. The Morgan fingerprint density at radius 3 is 2.71 bits per heavy atom. The average molecular weight is 411 g/mol. The first-order valence-electron chi connectivity index (χ1n) is 8.70. The summed E-state index contributed by atoms with van der Waals surface area (Å²) in [6.07, 6.45) is 1.70. The fraction of sp³-hybridized carbons (Fsp3) is 0.200. The molecule has 28 heavy (non-hydrogen) atoms. The highest BCUT2D eigenvalue weighted by atomic mass is 32.2. The molecule has 0 amide bonds. The molecular weight excluding hydrogens is 392 g/mol. The molecule has 3 heterocycles. The average Bonchev–Trinajstić information content (AvgIpc) is 3.26. The van der Waals surface area contributed by atoms with Crippen molar-refractivity contribution in [2.75, 3.05) is 0 Å². The van der Waals surface area contributed by atoms with E-state index in [0.29, 0.717) is 34.6 Å². The van der Waals surface area contributed by atoms with Crippen molar-refractivity contribution in [3.8, 4) is 10.4 Å². The lowest BCUT2D eigenvalue weighted by Gasteiger charge is -2.09. The molecule has 0 fully saturated rings. The van der Waals surface area contributed by atoms with Gasteiger partial charge in [-0.2, -0.15) is 0 Å². The number of nitrogens with zero attached hydrogens (tertiary/aromatic N) is 4. The highest BCUT2D eigenvalue weighted by molar-refractivity contribution is 7.98. The molecule has 0 aliphatic carbocycles. The Morgan fingerprint density at radius 1 is 1.25 bits per heavy atom. The Morgan fingerprint density at radius 2 is 2.04 bits per heavy atom. The summed E-state index contributed by atoms with van der Waals surface area (Å²) in [5, 5.41) is 9.14. The third-order valence-electron chi connectivity index (χ3n) is 4.26. The number of hydrogen-bond donors (Lipinski definition) is 0. The molecule has 6 nitrogen and oxygen atoms in total. The van der Waals surface area contributed by atoms with E-state index in [1.165, 1.54) is 11.8 Å². The van der Waals surface area contributed by atoms with Crippen molar-refractivity contribution >= 4 is 33.3 Å². The van der Waals surface area contributed by atoms with Crippen LogP contribution in [-0.2, 0) is 12.3 Å². The van der Waals surface area contributed by atoms with Crippen molar-refractivity contribution in [2.45, 2.75) is 31.3 Å². The van der Waals surface area contributed by atoms with E-state index in [1.807, 2.05) is 37.3 Å². The molecule has 0 unspecified atom stereocenters. The summed E-state index contributed by atoms with van der Waals surface area (Å²) in [5.74, 6) is 1.48. The summed E-state index contributed by atoms with van der Waals surface area (Å²) in [6, 6.07) is 10.1. The van der Waals surface area contributed by atoms with Gasteiger partial charge in [0.2, 0.25) is 11.8 Å². The lowest BCUT2D eigenvalue weighted by Crippen LogP contribution is -2.22. The van der Waals surface area contributed by atoms with Gasteiger partial charge in [0, 0.05) is 18.3 Å². The number of thiophene rings is 1. The SMILES string of the molecule is C=CCn1c(SCc2nnc(C)o2)nc2sc(-c3ccccc3)c(C)c2c1=O. The number of benzene rings is 1. The fourth-order valence-corrected chi connectivity index (χ4v) is 5.06. The van der Waals surface area contributed by atoms with Gasteiger partial charge in [-0.1, -0.05) is 48.2 Å². The van der Waals surface area contributed by atoms with Crippen LogP contribution < -0.4 is 5.56 Å². The number of rotatable bonds is 6. The number of hydrogen-bond acceptors (Lipinski definition) is 7. The largest absolute Gasteiger partial charge is 0.425 e. The first-order chi connectivity index (χ1) is 13.6. The molecule has 0 spiro atoms. The van der Waals surface area contributed by atoms with E-state index >= 15 is 0 Å². The van der Waals surface area contributed by atoms with Gasteiger partial charge in [0.1, 0.15) is 4.83 Å². The van der Waals surface area contributed by atoms with E-state index in [-0.39, 0.29) is 5.56 Å². The lowest BCUT2D eigenvalue weighted by atomic mass is 10.1. The minimum atomic E-state index is -0.0509. The van der Waals surface area contributed by atoms with Crippen molar-refractivity contribution in [1.29, 1.82) is 0 Å². The molecule has 0 saturated heterocycles. The van der Waals surface area contributed by atoms with Crippen LogP contribution in [-0.4, -0.2) is 19.7 Å². The number of aromatic nitrogens is 4. The van der Waals surface area contributed by atoms with Gasteiger partial charge >= 0.3 is 0 Å². The molecule has 4 rings (SSSR count). The third-order valence-corrected chi connectivity index (χ3v) is 6.45. The Labute approximate surface area is 170 Å². The number of aryl methyl sites for hydroxylation is 2. The maximum absolute atomic E-state index is 13.2. The Bertz CT molecular complexity index is 1210. The fourth-order valence-electron chi connectivity index (χ4n) is 2.99. The highest BCUT2D eigenvalue weighted by Crippen LogP contribution is 2.36. The van der Waals surface area contributed by atoms with Crippen molar-refractivity contribution in [2.24, 2.45) is 0 Å². The summed E-state index contributed by atoms with van der Waals surface area (Å²) >= 11 is 2.95. The van der Waals surface area contributed by atoms with Crippen LogP contribution in [0.25, 0.3) is 20.7 Å². The van der Waals surface area contributed by atoms with Crippen molar-refractivity contribution in [1.82, 2.24) is 19.7 Å². The topological polar surface area (TPSA) is 73.8 Å². The summed E-state index contributed by atoms with van der Waals surface area (Å²) in [6.45, 7) is 7.90. The van der Waals surface area contributed by atoms with Crippen LogP contribution in [0.15, 0.2) is 57.4 Å². The van der Waals surface area contributed by atoms with Gasteiger partial charge in [-0.05, 0) is 18.1 Å². The molecule has 0 bridgehead atoms. The maximum atomic E-state index is 13.2. The summed E-state index contributed by atoms with van der Waals surface area (Å²) in [5.41, 5.74) is 2.00. The molecule has 0 N–H and O–H groups in total. The second-order valence-electron chi connectivity index (χ2n) is 6.20. The van der Waals surface area contributed by atoms with E-state index < -0.39 is 0 Å². The first-order valence-corrected chi connectivity index (χ1v) is 10.5. The van der Waals surface area contributed by atoms with Crippen LogP contribution in [0, 0.1) is 13.8 Å². The van der Waals surface area contributed by atoms with Crippen LogP contribution >= 0.6 is 23.1 Å².